The molecule has 0 atom stereocenters. The molecule has 1 nitrogen and oxygen atoms in total. The van der Waals surface area contributed by atoms with E-state index in [4.69, 9.17) is 0 Å². The van der Waals surface area contributed by atoms with Crippen molar-refractivity contribution < 1.29 is 4.46 Å². The van der Waals surface area contributed by atoms with Gasteiger partial charge in [0.2, 0.25) is 0 Å². The smallest absolute Gasteiger partial charge is 0.366 e. The molecule has 57 valence electrons. The summed E-state index contributed by atoms with van der Waals surface area (Å²) >= 11 is 0. The molecule has 0 unspecified atom stereocenters. The summed E-state index contributed by atoms with van der Waals surface area (Å²) in [6.45, 7) is 0. The Bertz CT molecular complexity index is 384. The summed E-state index contributed by atoms with van der Waals surface area (Å²) in [5.41, 5.74) is 2.24. The van der Waals surface area contributed by atoms with E-state index >= 15 is 0 Å². The molecule has 0 saturated carbocycles. The fourth-order valence-corrected chi connectivity index (χ4v) is 1.79. The molecular formula is C10H7OSi. The van der Waals surface area contributed by atoms with Gasteiger partial charge in [0.15, 0.2) is 0 Å². The lowest BCUT2D eigenvalue weighted by Crippen LogP contribution is -2.03. The van der Waals surface area contributed by atoms with Gasteiger partial charge in [-0.3, -0.25) is 0 Å². The zero-order chi connectivity index (χ0) is 8.39. The molecule has 0 aromatic heterocycles. The minimum Gasteiger partial charge on any atom is -0.378 e. The molecule has 0 saturated heterocycles. The molecule has 0 N–H and O–H groups in total. The van der Waals surface area contributed by atoms with Gasteiger partial charge < -0.3 is 4.46 Å². The molecule has 0 fully saturated rings. The first kappa shape index (κ1) is 7.37. The second-order valence-corrected chi connectivity index (χ2v) is 3.37. The fourth-order valence-electron chi connectivity index (χ4n) is 1.30. The monoisotopic (exact) mass is 171 g/mol. The first-order valence-corrected chi connectivity index (χ1v) is 4.68. The van der Waals surface area contributed by atoms with Gasteiger partial charge in [0.25, 0.3) is 0 Å². The Morgan fingerprint density at radius 3 is 2.58 bits per heavy atom. The molecule has 0 aromatic rings. The average molecular weight is 171 g/mol. The summed E-state index contributed by atoms with van der Waals surface area (Å²) in [6, 6.07) is 13.9. The Balaban J connectivity index is 2.72. The maximum absolute atomic E-state index is 10.7. The highest BCUT2D eigenvalue weighted by Crippen LogP contribution is 2.17. The van der Waals surface area contributed by atoms with Crippen LogP contribution in [0.1, 0.15) is 0 Å². The summed E-state index contributed by atoms with van der Waals surface area (Å²) in [5.74, 6) is 0. The Kier molecular flexibility index (Phi) is 1.84. The van der Waals surface area contributed by atoms with Crippen LogP contribution in [0.3, 0.4) is 0 Å². The quantitative estimate of drug-likeness (QED) is 0.594. The molecule has 2 rings (SSSR count). The first-order valence-electron chi connectivity index (χ1n) is 3.78. The molecule has 0 heterocycles. The van der Waals surface area contributed by atoms with Gasteiger partial charge in [0.05, 0.1) is 0 Å². The summed E-state index contributed by atoms with van der Waals surface area (Å²) in [7, 11) is -0.359. The molecule has 2 heteroatoms. The van der Waals surface area contributed by atoms with Crippen LogP contribution >= 0.6 is 0 Å². The van der Waals surface area contributed by atoms with E-state index in [-0.39, 0.29) is 9.41 Å². The number of rotatable bonds is 1. The maximum Gasteiger partial charge on any atom is 0.366 e. The fraction of sp³-hybridized carbons (Fsp3) is 0. The summed E-state index contributed by atoms with van der Waals surface area (Å²) in [5, 5.41) is 0.918. The highest BCUT2D eigenvalue weighted by Gasteiger charge is 2.06. The normalized spacial score (nSPS) is 10.0. The Morgan fingerprint density at radius 2 is 1.75 bits per heavy atom. The topological polar surface area (TPSA) is 17.1 Å². The number of hydrogen-bond acceptors (Lipinski definition) is 1. The summed E-state index contributed by atoms with van der Waals surface area (Å²) in [6.07, 6.45) is 0. The lowest BCUT2D eigenvalue weighted by atomic mass is 10.2. The summed E-state index contributed by atoms with van der Waals surface area (Å²) < 4.78 is 10.7. The molecule has 2 aliphatic carbocycles. The van der Waals surface area contributed by atoms with Crippen LogP contribution in [-0.4, -0.2) is 9.41 Å². The SMILES string of the molecule is O=[Si]c1ccc2cccccc1-2. The van der Waals surface area contributed by atoms with Crippen LogP contribution in [0.25, 0.3) is 11.1 Å². The van der Waals surface area contributed by atoms with Crippen molar-refractivity contribution in [2.24, 2.45) is 0 Å². The molecule has 12 heavy (non-hydrogen) atoms. The minimum atomic E-state index is -0.359. The molecule has 2 aliphatic rings. The van der Waals surface area contributed by atoms with Gasteiger partial charge in [-0.25, -0.2) is 0 Å². The largest absolute Gasteiger partial charge is 0.378 e. The van der Waals surface area contributed by atoms with E-state index in [0.717, 1.165) is 16.3 Å². The molecule has 0 spiro atoms. The van der Waals surface area contributed by atoms with Crippen molar-refractivity contribution in [1.29, 1.82) is 0 Å². The third-order valence-electron chi connectivity index (χ3n) is 1.90. The van der Waals surface area contributed by atoms with Gasteiger partial charge in [0.1, 0.15) is 0 Å². The van der Waals surface area contributed by atoms with Crippen molar-refractivity contribution in [3.05, 3.63) is 42.5 Å². The standard InChI is InChI=1S/C10H7OSi/c11-12-10-7-6-8-4-2-1-3-5-9(8)10/h1-7H. The van der Waals surface area contributed by atoms with Crippen LogP contribution in [0.2, 0.25) is 0 Å². The van der Waals surface area contributed by atoms with Gasteiger partial charge in [0, 0.05) is 5.19 Å². The van der Waals surface area contributed by atoms with Crippen molar-refractivity contribution in [2.45, 2.75) is 0 Å². The lowest BCUT2D eigenvalue weighted by molar-refractivity contribution is 0.583. The average Bonchev–Trinajstić information content (AvgIpc) is 2.33. The first-order chi connectivity index (χ1) is 5.92. The van der Waals surface area contributed by atoms with Gasteiger partial charge in [-0.1, -0.05) is 42.5 Å². The minimum absolute atomic E-state index is 0.359. The van der Waals surface area contributed by atoms with Crippen molar-refractivity contribution in [3.63, 3.8) is 0 Å². The van der Waals surface area contributed by atoms with Crippen LogP contribution in [-0.2, 0) is 4.46 Å². The highest BCUT2D eigenvalue weighted by molar-refractivity contribution is 6.42. The van der Waals surface area contributed by atoms with Crippen LogP contribution in [0.4, 0.5) is 0 Å². The van der Waals surface area contributed by atoms with Crippen molar-refractivity contribution in [1.82, 2.24) is 0 Å². The highest BCUT2D eigenvalue weighted by atomic mass is 28.2. The van der Waals surface area contributed by atoms with E-state index in [0.29, 0.717) is 0 Å². The number of hydrogen-bond donors (Lipinski definition) is 0. The number of fused-ring (bicyclic) bond motifs is 1. The molecular weight excluding hydrogens is 164 g/mol. The van der Waals surface area contributed by atoms with E-state index < -0.39 is 0 Å². The van der Waals surface area contributed by atoms with Crippen LogP contribution in [0.15, 0.2) is 42.5 Å². The molecule has 0 aliphatic heterocycles. The zero-order valence-corrected chi connectivity index (χ0v) is 7.45. The second kappa shape index (κ2) is 2.99. The van der Waals surface area contributed by atoms with E-state index in [1.54, 1.807) is 0 Å². The predicted octanol–water partition coefficient (Wildman–Crippen LogP) is 1.47. The molecule has 0 bridgehead atoms. The van der Waals surface area contributed by atoms with Gasteiger partial charge in [-0.2, -0.15) is 0 Å². The van der Waals surface area contributed by atoms with Crippen LogP contribution in [0, 0.1) is 0 Å². The molecule has 1 radical (unpaired) electrons. The van der Waals surface area contributed by atoms with Gasteiger partial charge in [-0.05, 0) is 11.1 Å². The maximum atomic E-state index is 10.7. The lowest BCUT2D eigenvalue weighted by Gasteiger charge is -1.90. The predicted molar refractivity (Wildman–Crippen MR) is 49.1 cm³/mol. The summed E-state index contributed by atoms with van der Waals surface area (Å²) in [4.78, 5) is 0. The van der Waals surface area contributed by atoms with Crippen LogP contribution in [0.5, 0.6) is 0 Å². The Labute approximate surface area is 73.3 Å². The zero-order valence-electron chi connectivity index (χ0n) is 6.45. The van der Waals surface area contributed by atoms with E-state index in [2.05, 4.69) is 0 Å². The van der Waals surface area contributed by atoms with Crippen molar-refractivity contribution >= 4 is 14.6 Å². The third kappa shape index (κ3) is 1.10. The van der Waals surface area contributed by atoms with E-state index in [1.165, 1.54) is 0 Å². The third-order valence-corrected chi connectivity index (χ3v) is 2.56. The van der Waals surface area contributed by atoms with Crippen molar-refractivity contribution in [2.75, 3.05) is 0 Å². The molecule has 0 amide bonds. The second-order valence-electron chi connectivity index (χ2n) is 2.63. The Morgan fingerprint density at radius 1 is 0.917 bits per heavy atom. The van der Waals surface area contributed by atoms with Gasteiger partial charge >= 0.3 is 9.41 Å². The van der Waals surface area contributed by atoms with E-state index in [9.17, 15) is 4.46 Å². The molecule has 0 aromatic carbocycles. The van der Waals surface area contributed by atoms with E-state index in [1.807, 2.05) is 42.5 Å². The Hall–Kier alpha value is -1.28. The van der Waals surface area contributed by atoms with Gasteiger partial charge in [-0.15, -0.1) is 0 Å². The van der Waals surface area contributed by atoms with Crippen molar-refractivity contribution in [3.8, 4) is 11.1 Å². The van der Waals surface area contributed by atoms with Crippen LogP contribution < -0.4 is 5.19 Å².